The minimum Gasteiger partial charge on any atom is -0.392 e. The molecule has 1 radical (unpaired) electrons. The molecule has 1 heteroatoms. The van der Waals surface area contributed by atoms with Crippen LogP contribution in [0.15, 0.2) is 36.4 Å². The highest BCUT2D eigenvalue weighted by molar-refractivity contribution is 5.35. The van der Waals surface area contributed by atoms with Crippen LogP contribution < -0.4 is 0 Å². The first-order valence-electron chi connectivity index (χ1n) is 6.41. The smallest absolute Gasteiger partial charge is 0.0682 e. The molecule has 1 nitrogen and oxygen atoms in total. The fourth-order valence-corrected chi connectivity index (χ4v) is 2.08. The fourth-order valence-electron chi connectivity index (χ4n) is 2.08. The molecule has 0 unspecified atom stereocenters. The van der Waals surface area contributed by atoms with Crippen molar-refractivity contribution in [2.45, 2.75) is 33.3 Å². The molecule has 18 heavy (non-hydrogen) atoms. The SMILES string of the molecule is CCc1ccc(Cc2[c]cc(CO)cc2C)cc1. The first-order valence-corrected chi connectivity index (χ1v) is 6.41. The van der Waals surface area contributed by atoms with E-state index in [2.05, 4.69) is 44.2 Å². The van der Waals surface area contributed by atoms with Gasteiger partial charge in [0.15, 0.2) is 0 Å². The summed E-state index contributed by atoms with van der Waals surface area (Å²) < 4.78 is 0. The Hall–Kier alpha value is -1.60. The molecule has 2 rings (SSSR count). The molecule has 0 fully saturated rings. The van der Waals surface area contributed by atoms with Crippen LogP contribution in [0.2, 0.25) is 0 Å². The summed E-state index contributed by atoms with van der Waals surface area (Å²) >= 11 is 0. The van der Waals surface area contributed by atoms with Gasteiger partial charge in [0.1, 0.15) is 0 Å². The standard InChI is InChI=1S/C17H19O/c1-3-14-4-6-15(7-5-14)11-17-9-8-16(12-18)10-13(17)2/h4-8,10,18H,3,11-12H2,1-2H3. The molecular weight excluding hydrogens is 220 g/mol. The summed E-state index contributed by atoms with van der Waals surface area (Å²) in [5.41, 5.74) is 6.01. The third kappa shape index (κ3) is 2.99. The summed E-state index contributed by atoms with van der Waals surface area (Å²) in [7, 11) is 0. The second-order valence-corrected chi connectivity index (χ2v) is 4.67. The van der Waals surface area contributed by atoms with Crippen molar-refractivity contribution < 1.29 is 5.11 Å². The summed E-state index contributed by atoms with van der Waals surface area (Å²) in [5, 5.41) is 9.08. The van der Waals surface area contributed by atoms with Gasteiger partial charge >= 0.3 is 0 Å². The summed E-state index contributed by atoms with van der Waals surface area (Å²) in [6.45, 7) is 4.33. The maximum absolute atomic E-state index is 9.08. The van der Waals surface area contributed by atoms with Gasteiger partial charge in [-0.05, 0) is 59.7 Å². The van der Waals surface area contributed by atoms with Gasteiger partial charge in [-0.15, -0.1) is 0 Å². The molecule has 2 aromatic carbocycles. The first-order chi connectivity index (χ1) is 8.72. The van der Waals surface area contributed by atoms with Gasteiger partial charge in [0.2, 0.25) is 0 Å². The van der Waals surface area contributed by atoms with Crippen molar-refractivity contribution in [3.8, 4) is 0 Å². The summed E-state index contributed by atoms with van der Waals surface area (Å²) in [6, 6.07) is 15.9. The van der Waals surface area contributed by atoms with E-state index in [0.29, 0.717) is 0 Å². The molecule has 0 aliphatic rings. The Morgan fingerprint density at radius 2 is 1.72 bits per heavy atom. The highest BCUT2D eigenvalue weighted by atomic mass is 16.3. The molecule has 0 amide bonds. The van der Waals surface area contributed by atoms with Gasteiger partial charge in [-0.2, -0.15) is 0 Å². The number of rotatable bonds is 4. The molecule has 0 aliphatic heterocycles. The molecule has 93 valence electrons. The number of aliphatic hydroxyl groups excluding tert-OH is 1. The minimum absolute atomic E-state index is 0.0861. The van der Waals surface area contributed by atoms with E-state index in [1.54, 1.807) is 0 Å². The van der Waals surface area contributed by atoms with Crippen molar-refractivity contribution in [1.82, 2.24) is 0 Å². The molecule has 0 saturated carbocycles. The van der Waals surface area contributed by atoms with Crippen LogP contribution in [0.5, 0.6) is 0 Å². The maximum Gasteiger partial charge on any atom is 0.0682 e. The second-order valence-electron chi connectivity index (χ2n) is 4.67. The van der Waals surface area contributed by atoms with Crippen molar-refractivity contribution in [3.63, 3.8) is 0 Å². The van der Waals surface area contributed by atoms with Crippen molar-refractivity contribution in [3.05, 3.63) is 70.3 Å². The average molecular weight is 239 g/mol. The number of benzene rings is 2. The Morgan fingerprint density at radius 1 is 1.06 bits per heavy atom. The Labute approximate surface area is 109 Å². The first kappa shape index (κ1) is 12.8. The minimum atomic E-state index is 0.0861. The van der Waals surface area contributed by atoms with Crippen LogP contribution in [0.1, 0.15) is 34.7 Å². The highest BCUT2D eigenvalue weighted by Crippen LogP contribution is 2.16. The molecule has 0 heterocycles. The Morgan fingerprint density at radius 3 is 2.28 bits per heavy atom. The fraction of sp³-hybridized carbons (Fsp3) is 0.294. The van der Waals surface area contributed by atoms with Crippen LogP contribution in [0.25, 0.3) is 0 Å². The zero-order valence-corrected chi connectivity index (χ0v) is 11.0. The van der Waals surface area contributed by atoms with Gasteiger partial charge in [0, 0.05) is 0 Å². The molecule has 0 aromatic heterocycles. The largest absolute Gasteiger partial charge is 0.392 e. The van der Waals surface area contributed by atoms with Crippen LogP contribution in [-0.4, -0.2) is 5.11 Å². The highest BCUT2D eigenvalue weighted by Gasteiger charge is 2.02. The van der Waals surface area contributed by atoms with Gasteiger partial charge in [-0.1, -0.05) is 37.3 Å². The Balaban J connectivity index is 2.17. The average Bonchev–Trinajstić information content (AvgIpc) is 2.42. The molecule has 0 atom stereocenters. The summed E-state index contributed by atoms with van der Waals surface area (Å²) in [6.07, 6.45) is 1.98. The molecule has 0 aliphatic carbocycles. The third-order valence-corrected chi connectivity index (χ3v) is 3.30. The third-order valence-electron chi connectivity index (χ3n) is 3.30. The zero-order chi connectivity index (χ0) is 13.0. The summed E-state index contributed by atoms with van der Waals surface area (Å²) in [5.74, 6) is 0. The normalized spacial score (nSPS) is 10.6. The second kappa shape index (κ2) is 5.83. The molecule has 2 aromatic rings. The van der Waals surface area contributed by atoms with Crippen LogP contribution >= 0.6 is 0 Å². The lowest BCUT2D eigenvalue weighted by atomic mass is 9.98. The Kier molecular flexibility index (Phi) is 4.16. The topological polar surface area (TPSA) is 20.2 Å². The zero-order valence-electron chi connectivity index (χ0n) is 11.0. The predicted molar refractivity (Wildman–Crippen MR) is 74.6 cm³/mol. The van der Waals surface area contributed by atoms with Gasteiger partial charge in [0.25, 0.3) is 0 Å². The monoisotopic (exact) mass is 239 g/mol. The van der Waals surface area contributed by atoms with Crippen molar-refractivity contribution in [2.75, 3.05) is 0 Å². The van der Waals surface area contributed by atoms with E-state index in [1.807, 2.05) is 12.1 Å². The summed E-state index contributed by atoms with van der Waals surface area (Å²) in [4.78, 5) is 0. The lowest BCUT2D eigenvalue weighted by molar-refractivity contribution is 0.281. The number of hydrogen-bond acceptors (Lipinski definition) is 1. The van der Waals surface area contributed by atoms with Crippen LogP contribution in [0, 0.1) is 13.0 Å². The molecule has 0 spiro atoms. The van der Waals surface area contributed by atoms with Gasteiger partial charge in [-0.3, -0.25) is 0 Å². The number of aliphatic hydroxyl groups is 1. The lowest BCUT2D eigenvalue weighted by Gasteiger charge is -2.08. The van der Waals surface area contributed by atoms with E-state index in [-0.39, 0.29) is 6.61 Å². The van der Waals surface area contributed by atoms with E-state index in [1.165, 1.54) is 22.3 Å². The number of aryl methyl sites for hydroxylation is 2. The predicted octanol–water partition coefficient (Wildman–Crippen LogP) is 3.44. The van der Waals surface area contributed by atoms with Crippen molar-refractivity contribution in [1.29, 1.82) is 0 Å². The van der Waals surface area contributed by atoms with Crippen LogP contribution in [-0.2, 0) is 19.4 Å². The van der Waals surface area contributed by atoms with Gasteiger partial charge in [0.05, 0.1) is 6.61 Å². The van der Waals surface area contributed by atoms with E-state index in [0.717, 1.165) is 18.4 Å². The molecule has 0 bridgehead atoms. The van der Waals surface area contributed by atoms with E-state index < -0.39 is 0 Å². The van der Waals surface area contributed by atoms with E-state index in [4.69, 9.17) is 5.11 Å². The maximum atomic E-state index is 9.08. The molecular formula is C17H19O. The van der Waals surface area contributed by atoms with E-state index >= 15 is 0 Å². The Bertz CT molecular complexity index is 512. The van der Waals surface area contributed by atoms with Gasteiger partial charge in [-0.25, -0.2) is 0 Å². The lowest BCUT2D eigenvalue weighted by Crippen LogP contribution is -1.95. The molecule has 1 N–H and O–H groups in total. The van der Waals surface area contributed by atoms with E-state index in [9.17, 15) is 0 Å². The quantitative estimate of drug-likeness (QED) is 0.866. The molecule has 0 saturated heterocycles. The van der Waals surface area contributed by atoms with Crippen molar-refractivity contribution >= 4 is 0 Å². The van der Waals surface area contributed by atoms with Crippen LogP contribution in [0.4, 0.5) is 0 Å². The number of hydrogen-bond donors (Lipinski definition) is 1. The van der Waals surface area contributed by atoms with Crippen molar-refractivity contribution in [2.24, 2.45) is 0 Å². The van der Waals surface area contributed by atoms with Gasteiger partial charge < -0.3 is 5.11 Å². The van der Waals surface area contributed by atoms with Crippen LogP contribution in [0.3, 0.4) is 0 Å².